The molecule has 1 aromatic carbocycles. The van der Waals surface area contributed by atoms with Gasteiger partial charge in [-0.1, -0.05) is 30.3 Å². The molecule has 7 heteroatoms. The highest BCUT2D eigenvalue weighted by Crippen LogP contribution is 2.23. The Labute approximate surface area is 163 Å². The number of aromatic nitrogens is 3. The Kier molecular flexibility index (Phi) is 5.05. The summed E-state index contributed by atoms with van der Waals surface area (Å²) in [6.07, 6.45) is 2.28. The molecule has 0 atom stereocenters. The second-order valence-corrected chi connectivity index (χ2v) is 8.00. The van der Waals surface area contributed by atoms with Crippen molar-refractivity contribution < 1.29 is 4.79 Å². The van der Waals surface area contributed by atoms with Gasteiger partial charge in [-0.25, -0.2) is 4.98 Å². The standard InChI is InChI=1S/C20H23N5OS/c1-23(2)12-16-11-21-25-9-8-24(13-18(16)25)20(26)10-19-22-17(14-27-19)15-6-4-3-5-7-15/h3-7,11,14H,8-10,12-13H2,1-2H3. The molecule has 27 heavy (non-hydrogen) atoms. The largest absolute Gasteiger partial charge is 0.335 e. The van der Waals surface area contributed by atoms with Crippen LogP contribution in [-0.4, -0.2) is 51.1 Å². The van der Waals surface area contributed by atoms with Crippen molar-refractivity contribution in [2.75, 3.05) is 20.6 Å². The Bertz CT molecular complexity index is 931. The monoisotopic (exact) mass is 381 g/mol. The van der Waals surface area contributed by atoms with Crippen molar-refractivity contribution in [2.45, 2.75) is 26.1 Å². The molecular formula is C20H23N5OS. The van der Waals surface area contributed by atoms with Gasteiger partial charge in [-0.05, 0) is 14.1 Å². The van der Waals surface area contributed by atoms with Crippen LogP contribution in [0.15, 0.2) is 41.9 Å². The summed E-state index contributed by atoms with van der Waals surface area (Å²) in [7, 11) is 4.09. The molecule has 6 nitrogen and oxygen atoms in total. The summed E-state index contributed by atoms with van der Waals surface area (Å²) >= 11 is 1.55. The van der Waals surface area contributed by atoms with Crippen molar-refractivity contribution in [1.82, 2.24) is 24.6 Å². The summed E-state index contributed by atoms with van der Waals surface area (Å²) in [4.78, 5) is 21.5. The molecule has 0 bridgehead atoms. The molecule has 0 radical (unpaired) electrons. The number of carbonyl (C=O) groups excluding carboxylic acids is 1. The number of fused-ring (bicyclic) bond motifs is 1. The van der Waals surface area contributed by atoms with E-state index in [4.69, 9.17) is 0 Å². The van der Waals surface area contributed by atoms with E-state index >= 15 is 0 Å². The van der Waals surface area contributed by atoms with Gasteiger partial charge in [0.1, 0.15) is 5.01 Å². The predicted molar refractivity (Wildman–Crippen MR) is 106 cm³/mol. The first kappa shape index (κ1) is 17.9. The Morgan fingerprint density at radius 3 is 2.81 bits per heavy atom. The third-order valence-electron chi connectivity index (χ3n) is 4.72. The molecule has 0 spiro atoms. The zero-order chi connectivity index (χ0) is 18.8. The lowest BCUT2D eigenvalue weighted by Gasteiger charge is -2.28. The van der Waals surface area contributed by atoms with E-state index in [0.717, 1.165) is 35.0 Å². The van der Waals surface area contributed by atoms with Crippen molar-refractivity contribution in [3.8, 4) is 11.3 Å². The van der Waals surface area contributed by atoms with E-state index in [0.29, 0.717) is 19.5 Å². The van der Waals surface area contributed by atoms with Crippen LogP contribution in [0, 0.1) is 0 Å². The van der Waals surface area contributed by atoms with E-state index in [1.54, 1.807) is 11.3 Å². The average molecular weight is 382 g/mol. The van der Waals surface area contributed by atoms with Crippen LogP contribution < -0.4 is 0 Å². The summed E-state index contributed by atoms with van der Waals surface area (Å²) in [5, 5.41) is 7.36. The fraction of sp³-hybridized carbons (Fsp3) is 0.350. The topological polar surface area (TPSA) is 54.3 Å². The SMILES string of the molecule is CN(C)Cc1cnn2c1CN(C(=O)Cc1nc(-c3ccccc3)cs1)CC2. The van der Waals surface area contributed by atoms with E-state index in [-0.39, 0.29) is 5.91 Å². The van der Waals surface area contributed by atoms with Crippen molar-refractivity contribution in [1.29, 1.82) is 0 Å². The number of rotatable bonds is 5. The maximum Gasteiger partial charge on any atom is 0.229 e. The van der Waals surface area contributed by atoms with Crippen LogP contribution in [0.3, 0.4) is 0 Å². The normalized spacial score (nSPS) is 13.8. The van der Waals surface area contributed by atoms with Gasteiger partial charge in [0, 0.05) is 29.6 Å². The molecule has 0 saturated heterocycles. The lowest BCUT2D eigenvalue weighted by Crippen LogP contribution is -2.39. The maximum absolute atomic E-state index is 12.8. The van der Waals surface area contributed by atoms with E-state index in [2.05, 4.69) is 15.0 Å². The number of amides is 1. The van der Waals surface area contributed by atoms with Crippen LogP contribution in [0.2, 0.25) is 0 Å². The van der Waals surface area contributed by atoms with Gasteiger partial charge in [0.15, 0.2) is 0 Å². The third-order valence-corrected chi connectivity index (χ3v) is 5.57. The van der Waals surface area contributed by atoms with Gasteiger partial charge in [-0.15, -0.1) is 11.3 Å². The van der Waals surface area contributed by atoms with Crippen LogP contribution in [0.4, 0.5) is 0 Å². The lowest BCUT2D eigenvalue weighted by atomic mass is 10.2. The quantitative estimate of drug-likeness (QED) is 0.682. The number of hydrogen-bond acceptors (Lipinski definition) is 5. The van der Waals surface area contributed by atoms with Gasteiger partial charge < -0.3 is 9.80 Å². The zero-order valence-electron chi connectivity index (χ0n) is 15.6. The molecule has 1 aliphatic rings. The van der Waals surface area contributed by atoms with E-state index < -0.39 is 0 Å². The number of hydrogen-bond donors (Lipinski definition) is 0. The minimum Gasteiger partial charge on any atom is -0.335 e. The Morgan fingerprint density at radius 2 is 2.04 bits per heavy atom. The summed E-state index contributed by atoms with van der Waals surface area (Å²) < 4.78 is 2.03. The molecule has 4 rings (SSSR count). The Hall–Kier alpha value is -2.51. The van der Waals surface area contributed by atoms with Gasteiger partial charge in [-0.3, -0.25) is 9.48 Å². The summed E-state index contributed by atoms with van der Waals surface area (Å²) in [5.74, 6) is 0.132. The van der Waals surface area contributed by atoms with Gasteiger partial charge >= 0.3 is 0 Å². The molecule has 3 heterocycles. The van der Waals surface area contributed by atoms with Crippen LogP contribution in [-0.2, 0) is 30.8 Å². The molecule has 1 aliphatic heterocycles. The van der Waals surface area contributed by atoms with Gasteiger partial charge in [0.05, 0.1) is 37.1 Å². The van der Waals surface area contributed by atoms with Crippen molar-refractivity contribution >= 4 is 17.2 Å². The minimum absolute atomic E-state index is 0.132. The van der Waals surface area contributed by atoms with Gasteiger partial charge in [0.2, 0.25) is 5.91 Å². The van der Waals surface area contributed by atoms with Crippen molar-refractivity contribution in [2.24, 2.45) is 0 Å². The second-order valence-electron chi connectivity index (χ2n) is 7.06. The third kappa shape index (κ3) is 3.94. The maximum atomic E-state index is 12.8. The molecule has 2 aromatic heterocycles. The highest BCUT2D eigenvalue weighted by atomic mass is 32.1. The molecule has 1 amide bonds. The number of nitrogens with zero attached hydrogens (tertiary/aromatic N) is 5. The minimum atomic E-state index is 0.132. The first-order chi connectivity index (χ1) is 13.1. The summed E-state index contributed by atoms with van der Waals surface area (Å²) in [5.41, 5.74) is 4.36. The second kappa shape index (κ2) is 7.62. The van der Waals surface area contributed by atoms with Gasteiger partial charge in [0.25, 0.3) is 0 Å². The molecular weight excluding hydrogens is 358 g/mol. The van der Waals surface area contributed by atoms with E-state index in [1.165, 1.54) is 5.56 Å². The number of carbonyl (C=O) groups is 1. The van der Waals surface area contributed by atoms with Crippen LogP contribution in [0.1, 0.15) is 16.3 Å². The molecule has 0 saturated carbocycles. The smallest absolute Gasteiger partial charge is 0.229 e. The molecule has 3 aromatic rings. The van der Waals surface area contributed by atoms with E-state index in [1.807, 2.05) is 65.6 Å². The Morgan fingerprint density at radius 1 is 1.22 bits per heavy atom. The molecule has 140 valence electrons. The molecule has 0 aliphatic carbocycles. The van der Waals surface area contributed by atoms with Gasteiger partial charge in [-0.2, -0.15) is 5.10 Å². The van der Waals surface area contributed by atoms with Crippen LogP contribution >= 0.6 is 11.3 Å². The molecule has 0 fully saturated rings. The molecule has 0 unspecified atom stereocenters. The van der Waals surface area contributed by atoms with Crippen molar-refractivity contribution in [3.05, 3.63) is 58.2 Å². The summed E-state index contributed by atoms with van der Waals surface area (Å²) in [6, 6.07) is 10.1. The fourth-order valence-electron chi connectivity index (χ4n) is 3.36. The number of benzene rings is 1. The zero-order valence-corrected chi connectivity index (χ0v) is 16.4. The lowest BCUT2D eigenvalue weighted by molar-refractivity contribution is -0.132. The molecule has 0 N–H and O–H groups in total. The highest BCUT2D eigenvalue weighted by Gasteiger charge is 2.24. The number of thiazole rings is 1. The fourth-order valence-corrected chi connectivity index (χ4v) is 4.16. The van der Waals surface area contributed by atoms with E-state index in [9.17, 15) is 4.79 Å². The summed E-state index contributed by atoms with van der Waals surface area (Å²) in [6.45, 7) is 2.91. The first-order valence-corrected chi connectivity index (χ1v) is 9.94. The highest BCUT2D eigenvalue weighted by molar-refractivity contribution is 7.10. The Balaban J connectivity index is 1.44. The average Bonchev–Trinajstić information content (AvgIpc) is 3.29. The predicted octanol–water partition coefficient (Wildman–Crippen LogP) is 2.65. The first-order valence-electron chi connectivity index (χ1n) is 9.06. The van der Waals surface area contributed by atoms with Crippen LogP contribution in [0.25, 0.3) is 11.3 Å². The van der Waals surface area contributed by atoms with Crippen LogP contribution in [0.5, 0.6) is 0 Å². The van der Waals surface area contributed by atoms with Crippen molar-refractivity contribution in [3.63, 3.8) is 0 Å².